The molecule has 1 N–H and O–H groups in total. The largest absolute Gasteiger partial charge is 0.747 e. The normalized spacial score (nSPS) is 13.3. The Labute approximate surface area is 192 Å². The number of esters is 1. The van der Waals surface area contributed by atoms with Gasteiger partial charge in [-0.05, 0) is 27.2 Å². The van der Waals surface area contributed by atoms with Crippen molar-refractivity contribution in [2.75, 3.05) is 32.8 Å². The Balaban J connectivity index is 4.10. The molecule has 0 aliphatic carbocycles. The van der Waals surface area contributed by atoms with E-state index in [9.17, 15) is 17.8 Å². The Kier molecular flexibility index (Phi) is 17.5. The lowest BCUT2D eigenvalue weighted by Crippen LogP contribution is -2.50. The highest BCUT2D eigenvalue weighted by atomic mass is 32.2. The van der Waals surface area contributed by atoms with E-state index in [1.54, 1.807) is 0 Å². The second-order valence-electron chi connectivity index (χ2n) is 8.86. The van der Waals surface area contributed by atoms with Crippen LogP contribution in [0.3, 0.4) is 0 Å². The van der Waals surface area contributed by atoms with Gasteiger partial charge in [-0.2, -0.15) is 0 Å². The average Bonchev–Trinajstić information content (AvgIpc) is 2.74. The summed E-state index contributed by atoms with van der Waals surface area (Å²) in [6, 6.07) is 0. The van der Waals surface area contributed by atoms with Crippen LogP contribution in [0.2, 0.25) is 0 Å². The zero-order valence-corrected chi connectivity index (χ0v) is 21.6. The molecular weight excluding hydrogens is 414 g/mol. The monoisotopic (exact) mass is 464 g/mol. The number of nitrogens with zero attached hydrogens (tertiary/aromatic N) is 1. The number of unbranched alkanes of at least 4 members (excludes halogenated alkanes) is 11. The van der Waals surface area contributed by atoms with Crippen molar-refractivity contribution in [3.63, 3.8) is 0 Å². The van der Waals surface area contributed by atoms with Crippen LogP contribution in [0.5, 0.6) is 0 Å². The Bertz CT molecular complexity index is 538. The smallest absolute Gasteiger partial charge is 0.500 e. The van der Waals surface area contributed by atoms with Gasteiger partial charge in [0.2, 0.25) is 11.9 Å². The molecule has 0 aliphatic heterocycles. The summed E-state index contributed by atoms with van der Waals surface area (Å²) in [5.41, 5.74) is 0. The van der Waals surface area contributed by atoms with E-state index in [2.05, 4.69) is 27.7 Å². The number of quaternary nitrogens is 1. The molecule has 0 amide bonds. The van der Waals surface area contributed by atoms with Crippen LogP contribution < -0.4 is 0 Å². The lowest BCUT2D eigenvalue weighted by Gasteiger charge is -2.34. The molecule has 186 valence electrons. The molecular formula is C24H50NO5S+. The van der Waals surface area contributed by atoms with Gasteiger partial charge in [-0.15, -0.1) is 0 Å². The van der Waals surface area contributed by atoms with Crippen LogP contribution in [-0.4, -0.2) is 66.3 Å². The van der Waals surface area contributed by atoms with E-state index >= 15 is 0 Å². The first kappa shape index (κ1) is 30.3. The van der Waals surface area contributed by atoms with E-state index < -0.39 is 21.3 Å². The minimum Gasteiger partial charge on any atom is -0.747 e. The summed E-state index contributed by atoms with van der Waals surface area (Å²) in [7, 11) is -4.63. The lowest BCUT2D eigenvalue weighted by atomic mass is 10.0. The van der Waals surface area contributed by atoms with Gasteiger partial charge < -0.3 is 18.6 Å². The molecule has 0 aliphatic rings. The highest BCUT2D eigenvalue weighted by molar-refractivity contribution is 7.87. The molecule has 31 heavy (non-hydrogen) atoms. The van der Waals surface area contributed by atoms with Gasteiger partial charge in [0.25, 0.3) is 0 Å². The van der Waals surface area contributed by atoms with Gasteiger partial charge in [-0.1, -0.05) is 84.0 Å². The summed E-state index contributed by atoms with van der Waals surface area (Å²) < 4.78 is 41.0. The van der Waals surface area contributed by atoms with Crippen LogP contribution in [0.15, 0.2) is 0 Å². The minimum atomic E-state index is -4.63. The van der Waals surface area contributed by atoms with Crippen LogP contribution in [0.4, 0.5) is 0 Å². The van der Waals surface area contributed by atoms with Crippen LogP contribution in [0.1, 0.15) is 111 Å². The first-order chi connectivity index (χ1) is 14.8. The maximum Gasteiger partial charge on any atom is 0.500 e. The van der Waals surface area contributed by atoms with Crippen LogP contribution in [-0.2, 0) is 14.9 Å². The van der Waals surface area contributed by atoms with Crippen molar-refractivity contribution in [3.05, 3.63) is 0 Å². The Morgan fingerprint density at radius 1 is 0.806 bits per heavy atom. The molecule has 0 aromatic rings. The van der Waals surface area contributed by atoms with Crippen molar-refractivity contribution >= 4 is 16.1 Å². The molecule has 0 radical (unpaired) electrons. The van der Waals surface area contributed by atoms with E-state index in [0.717, 1.165) is 43.4 Å². The Morgan fingerprint density at radius 3 is 1.61 bits per heavy atom. The number of carbonyl (C=O) groups excluding carboxylic acids is 1. The van der Waals surface area contributed by atoms with E-state index in [-0.39, 0.29) is 13.0 Å². The molecule has 0 aromatic carbocycles. The van der Waals surface area contributed by atoms with E-state index in [1.165, 1.54) is 51.4 Å². The summed E-state index contributed by atoms with van der Waals surface area (Å²) in [6.07, 6.45) is 14.2. The minimum absolute atomic E-state index is 0.129. The second kappa shape index (κ2) is 17.8. The zero-order valence-electron chi connectivity index (χ0n) is 20.7. The SMILES string of the molecule is CCCCCCCCCCCCCCC(C(=[OH+])OCC[N+](CC)(CC)CC)S(=O)(=O)[O-]. The highest BCUT2D eigenvalue weighted by Gasteiger charge is 2.34. The summed E-state index contributed by atoms with van der Waals surface area (Å²) in [6.45, 7) is 12.3. The molecule has 7 heteroatoms. The zero-order chi connectivity index (χ0) is 23.6. The highest BCUT2D eigenvalue weighted by Crippen LogP contribution is 2.16. The summed E-state index contributed by atoms with van der Waals surface area (Å²) >= 11 is 0. The fraction of sp³-hybridized carbons (Fsp3) is 0.958. The lowest BCUT2D eigenvalue weighted by molar-refractivity contribution is -0.923. The van der Waals surface area contributed by atoms with Crippen molar-refractivity contribution in [3.8, 4) is 0 Å². The van der Waals surface area contributed by atoms with Crippen LogP contribution in [0, 0.1) is 0 Å². The van der Waals surface area contributed by atoms with Crippen molar-refractivity contribution in [2.24, 2.45) is 0 Å². The van der Waals surface area contributed by atoms with E-state index in [1.807, 2.05) is 0 Å². The van der Waals surface area contributed by atoms with Gasteiger partial charge >= 0.3 is 5.97 Å². The predicted molar refractivity (Wildman–Crippen MR) is 129 cm³/mol. The second-order valence-corrected chi connectivity index (χ2v) is 10.4. The van der Waals surface area contributed by atoms with Crippen molar-refractivity contribution in [2.45, 2.75) is 116 Å². The molecule has 0 fully saturated rings. The molecule has 0 aromatic heterocycles. The van der Waals surface area contributed by atoms with Gasteiger partial charge in [0.15, 0.2) is 0 Å². The number of likely N-dealkylation sites (N-methyl/N-ethyl adjacent to an activating group) is 1. The number of rotatable bonds is 21. The molecule has 0 saturated carbocycles. The summed E-state index contributed by atoms with van der Waals surface area (Å²) in [4.78, 5) is 10.1. The molecule has 6 nitrogen and oxygen atoms in total. The topological polar surface area (TPSA) is 87.8 Å². The van der Waals surface area contributed by atoms with Gasteiger partial charge in [0.05, 0.1) is 19.6 Å². The Morgan fingerprint density at radius 2 is 1.23 bits per heavy atom. The predicted octanol–water partition coefficient (Wildman–Crippen LogP) is 5.39. The first-order valence-electron chi connectivity index (χ1n) is 12.7. The quantitative estimate of drug-likeness (QED) is 0.0749. The molecule has 1 unspecified atom stereocenters. The third kappa shape index (κ3) is 14.2. The fourth-order valence-electron chi connectivity index (χ4n) is 4.14. The van der Waals surface area contributed by atoms with Gasteiger partial charge in [0, 0.05) is 0 Å². The standard InChI is InChI=1S/C24H49NO5S/c1-5-9-10-11-12-13-14-15-16-17-18-19-20-23(31(27,28)29)24(26)30-22-21-25(6-2,7-3)8-4/h23H,5-22H2,1-4H3/p+1. The van der Waals surface area contributed by atoms with Crippen LogP contribution >= 0.6 is 0 Å². The molecule has 0 bridgehead atoms. The van der Waals surface area contributed by atoms with Crippen LogP contribution in [0.25, 0.3) is 0 Å². The molecule has 0 spiro atoms. The van der Waals surface area contributed by atoms with Crippen molar-refractivity contribution < 1.29 is 27.0 Å². The number of hydrogen-bond donors (Lipinski definition) is 0. The molecule has 0 rings (SSSR count). The van der Waals surface area contributed by atoms with Crippen molar-refractivity contribution in [1.29, 1.82) is 0 Å². The maximum absolute atomic E-state index is 11.6. The van der Waals surface area contributed by atoms with E-state index in [4.69, 9.17) is 4.74 Å². The maximum atomic E-state index is 11.6. The third-order valence-electron chi connectivity index (χ3n) is 6.77. The average molecular weight is 465 g/mol. The first-order valence-corrected chi connectivity index (χ1v) is 14.2. The van der Waals surface area contributed by atoms with Gasteiger partial charge in [0.1, 0.15) is 16.7 Å². The van der Waals surface area contributed by atoms with E-state index in [0.29, 0.717) is 13.0 Å². The fourth-order valence-corrected chi connectivity index (χ4v) is 4.91. The summed E-state index contributed by atoms with van der Waals surface area (Å²) in [5.74, 6) is -0.625. The molecule has 0 heterocycles. The number of hydrogen-bond acceptors (Lipinski definition) is 4. The Hall–Kier alpha value is -0.660. The molecule has 1 atom stereocenters. The summed E-state index contributed by atoms with van der Waals surface area (Å²) in [5, 5.41) is -1.46. The van der Waals surface area contributed by atoms with Gasteiger partial charge in [-0.3, -0.25) is 0 Å². The number of ether oxygens (including phenoxy) is 1. The van der Waals surface area contributed by atoms with Crippen molar-refractivity contribution in [1.82, 2.24) is 0 Å². The molecule has 0 saturated heterocycles. The van der Waals surface area contributed by atoms with Gasteiger partial charge in [-0.25, -0.2) is 8.42 Å². The third-order valence-corrected chi connectivity index (χ3v) is 7.91.